The minimum Gasteiger partial charge on any atom is -0.494 e. The second-order valence-electron chi connectivity index (χ2n) is 5.49. The van der Waals surface area contributed by atoms with Crippen molar-refractivity contribution in [2.45, 2.75) is 13.3 Å². The van der Waals surface area contributed by atoms with Gasteiger partial charge in [0.05, 0.1) is 6.61 Å². The van der Waals surface area contributed by atoms with Crippen LogP contribution in [0.5, 0.6) is 11.5 Å². The summed E-state index contributed by atoms with van der Waals surface area (Å²) in [6, 6.07) is 7.29. The third kappa shape index (κ3) is 7.86. The zero-order valence-corrected chi connectivity index (χ0v) is 15.1. The van der Waals surface area contributed by atoms with Crippen molar-refractivity contribution in [2.75, 3.05) is 52.5 Å². The standard InChI is InChI=1S/C17H27N3O3.ClH/c1-2-22-15-4-6-16(7-5-15)23-14-17(21)19-8-3-11-20-12-9-18-10-13-20;/h4-7,18H,2-3,8-14H2,1H3,(H,19,21);1H. The summed E-state index contributed by atoms with van der Waals surface area (Å²) in [7, 11) is 0. The van der Waals surface area contributed by atoms with Gasteiger partial charge in [-0.05, 0) is 44.2 Å². The van der Waals surface area contributed by atoms with Crippen molar-refractivity contribution in [2.24, 2.45) is 0 Å². The maximum atomic E-state index is 11.8. The quantitative estimate of drug-likeness (QED) is 0.652. The molecule has 2 rings (SSSR count). The zero-order valence-electron chi connectivity index (χ0n) is 14.3. The second-order valence-corrected chi connectivity index (χ2v) is 5.49. The molecule has 0 atom stereocenters. The Morgan fingerprint density at radius 1 is 1.17 bits per heavy atom. The average molecular weight is 358 g/mol. The van der Waals surface area contributed by atoms with Crippen molar-refractivity contribution in [3.63, 3.8) is 0 Å². The van der Waals surface area contributed by atoms with Gasteiger partial charge in [-0.25, -0.2) is 0 Å². The average Bonchev–Trinajstić information content (AvgIpc) is 2.59. The van der Waals surface area contributed by atoms with E-state index in [1.807, 2.05) is 31.2 Å². The minimum atomic E-state index is -0.0841. The molecule has 24 heavy (non-hydrogen) atoms. The Morgan fingerprint density at radius 2 is 1.79 bits per heavy atom. The molecule has 1 saturated heterocycles. The minimum absolute atomic E-state index is 0. The van der Waals surface area contributed by atoms with Gasteiger partial charge in [0.15, 0.2) is 6.61 Å². The molecule has 136 valence electrons. The van der Waals surface area contributed by atoms with Crippen LogP contribution in [0.3, 0.4) is 0 Å². The number of hydrogen-bond donors (Lipinski definition) is 2. The van der Waals surface area contributed by atoms with Crippen LogP contribution < -0.4 is 20.1 Å². The number of nitrogens with zero attached hydrogens (tertiary/aromatic N) is 1. The first kappa shape index (κ1) is 20.5. The van der Waals surface area contributed by atoms with E-state index < -0.39 is 0 Å². The lowest BCUT2D eigenvalue weighted by atomic mass is 10.3. The Hall–Kier alpha value is -1.50. The van der Waals surface area contributed by atoms with E-state index in [2.05, 4.69) is 15.5 Å². The fraction of sp³-hybridized carbons (Fsp3) is 0.588. The van der Waals surface area contributed by atoms with Crippen LogP contribution in [-0.2, 0) is 4.79 Å². The molecule has 1 heterocycles. The van der Waals surface area contributed by atoms with Crippen molar-refractivity contribution in [3.05, 3.63) is 24.3 Å². The molecular weight excluding hydrogens is 330 g/mol. The van der Waals surface area contributed by atoms with E-state index in [4.69, 9.17) is 9.47 Å². The van der Waals surface area contributed by atoms with Crippen LogP contribution in [0.15, 0.2) is 24.3 Å². The fourth-order valence-corrected chi connectivity index (χ4v) is 2.46. The van der Waals surface area contributed by atoms with Gasteiger partial charge in [-0.3, -0.25) is 4.79 Å². The summed E-state index contributed by atoms with van der Waals surface area (Å²) in [6.45, 7) is 8.64. The normalized spacial score (nSPS) is 14.5. The largest absolute Gasteiger partial charge is 0.494 e. The van der Waals surface area contributed by atoms with E-state index >= 15 is 0 Å². The molecule has 1 amide bonds. The number of ether oxygens (including phenoxy) is 2. The molecule has 0 spiro atoms. The van der Waals surface area contributed by atoms with E-state index in [1.54, 1.807) is 0 Å². The molecule has 1 fully saturated rings. The Morgan fingerprint density at radius 3 is 2.42 bits per heavy atom. The molecule has 1 aromatic rings. The van der Waals surface area contributed by atoms with E-state index in [1.165, 1.54) is 0 Å². The highest BCUT2D eigenvalue weighted by Crippen LogP contribution is 2.17. The summed E-state index contributed by atoms with van der Waals surface area (Å²) < 4.78 is 10.8. The molecule has 1 aliphatic heterocycles. The van der Waals surface area contributed by atoms with Gasteiger partial charge in [0.25, 0.3) is 5.91 Å². The molecule has 1 aromatic carbocycles. The summed E-state index contributed by atoms with van der Waals surface area (Å²) >= 11 is 0. The summed E-state index contributed by atoms with van der Waals surface area (Å²) in [5.74, 6) is 1.39. The Balaban J connectivity index is 0.00000288. The maximum Gasteiger partial charge on any atom is 0.257 e. The van der Waals surface area contributed by atoms with Crippen LogP contribution in [0.2, 0.25) is 0 Å². The Kier molecular flexibility index (Phi) is 10.2. The van der Waals surface area contributed by atoms with E-state index in [0.29, 0.717) is 18.9 Å². The predicted octanol–water partition coefficient (Wildman–Crippen LogP) is 1.30. The van der Waals surface area contributed by atoms with E-state index in [9.17, 15) is 4.79 Å². The zero-order chi connectivity index (χ0) is 16.3. The number of benzene rings is 1. The van der Waals surface area contributed by atoms with Crippen molar-refractivity contribution in [1.29, 1.82) is 0 Å². The molecule has 1 aliphatic rings. The van der Waals surface area contributed by atoms with Crippen molar-refractivity contribution in [1.82, 2.24) is 15.5 Å². The highest BCUT2D eigenvalue weighted by molar-refractivity contribution is 5.85. The number of amides is 1. The molecule has 0 aliphatic carbocycles. The van der Waals surface area contributed by atoms with Crippen molar-refractivity contribution >= 4 is 18.3 Å². The maximum absolute atomic E-state index is 11.8. The SMILES string of the molecule is CCOc1ccc(OCC(=O)NCCCN2CCNCC2)cc1.Cl. The summed E-state index contributed by atoms with van der Waals surface area (Å²) in [4.78, 5) is 14.2. The molecule has 0 aromatic heterocycles. The summed E-state index contributed by atoms with van der Waals surface area (Å²) in [6.07, 6.45) is 0.967. The number of rotatable bonds is 9. The molecule has 0 bridgehead atoms. The third-order valence-electron chi connectivity index (χ3n) is 3.69. The predicted molar refractivity (Wildman–Crippen MR) is 97.3 cm³/mol. The lowest BCUT2D eigenvalue weighted by molar-refractivity contribution is -0.123. The molecular formula is C17H28ClN3O3. The molecule has 0 saturated carbocycles. The van der Waals surface area contributed by atoms with Crippen LogP contribution in [0.4, 0.5) is 0 Å². The highest BCUT2D eigenvalue weighted by Gasteiger charge is 2.09. The summed E-state index contributed by atoms with van der Waals surface area (Å²) in [5, 5.41) is 6.22. The van der Waals surface area contributed by atoms with Crippen LogP contribution in [0, 0.1) is 0 Å². The first-order chi connectivity index (χ1) is 11.3. The number of halogens is 1. The lowest BCUT2D eigenvalue weighted by Crippen LogP contribution is -2.44. The van der Waals surface area contributed by atoms with Crippen molar-refractivity contribution < 1.29 is 14.3 Å². The van der Waals surface area contributed by atoms with Crippen LogP contribution in [0.25, 0.3) is 0 Å². The van der Waals surface area contributed by atoms with E-state index in [0.717, 1.165) is 44.9 Å². The smallest absolute Gasteiger partial charge is 0.257 e. The number of nitrogens with one attached hydrogen (secondary N) is 2. The van der Waals surface area contributed by atoms with Gasteiger partial charge in [0.1, 0.15) is 11.5 Å². The topological polar surface area (TPSA) is 62.8 Å². The number of piperazine rings is 1. The van der Waals surface area contributed by atoms with Gasteiger partial charge in [-0.2, -0.15) is 0 Å². The van der Waals surface area contributed by atoms with E-state index in [-0.39, 0.29) is 24.9 Å². The lowest BCUT2D eigenvalue weighted by Gasteiger charge is -2.27. The van der Waals surface area contributed by atoms with Gasteiger partial charge in [0, 0.05) is 32.7 Å². The van der Waals surface area contributed by atoms with Gasteiger partial charge < -0.3 is 25.0 Å². The Bertz CT molecular complexity index is 465. The number of hydrogen-bond acceptors (Lipinski definition) is 5. The molecule has 2 N–H and O–H groups in total. The number of carbonyl (C=O) groups excluding carboxylic acids is 1. The van der Waals surface area contributed by atoms with Gasteiger partial charge in [-0.1, -0.05) is 0 Å². The first-order valence-corrected chi connectivity index (χ1v) is 8.33. The molecule has 6 nitrogen and oxygen atoms in total. The monoisotopic (exact) mass is 357 g/mol. The van der Waals surface area contributed by atoms with Crippen molar-refractivity contribution in [3.8, 4) is 11.5 Å². The summed E-state index contributed by atoms with van der Waals surface area (Å²) in [5.41, 5.74) is 0. The van der Waals surface area contributed by atoms with Gasteiger partial charge in [0.2, 0.25) is 0 Å². The number of carbonyl (C=O) groups is 1. The van der Waals surface area contributed by atoms with Crippen LogP contribution in [0.1, 0.15) is 13.3 Å². The highest BCUT2D eigenvalue weighted by atomic mass is 35.5. The first-order valence-electron chi connectivity index (χ1n) is 8.33. The molecule has 0 unspecified atom stereocenters. The van der Waals surface area contributed by atoms with Crippen LogP contribution in [-0.4, -0.2) is 63.3 Å². The van der Waals surface area contributed by atoms with Gasteiger partial charge in [-0.15, -0.1) is 12.4 Å². The van der Waals surface area contributed by atoms with Crippen LogP contribution >= 0.6 is 12.4 Å². The third-order valence-corrected chi connectivity index (χ3v) is 3.69. The molecule has 0 radical (unpaired) electrons. The fourth-order valence-electron chi connectivity index (χ4n) is 2.46. The second kappa shape index (κ2) is 11.9. The van der Waals surface area contributed by atoms with Gasteiger partial charge >= 0.3 is 0 Å². The Labute approximate surface area is 150 Å². The molecule has 7 heteroatoms.